The van der Waals surface area contributed by atoms with Gasteiger partial charge in [-0.2, -0.15) is 13.2 Å². The maximum Gasteiger partial charge on any atom is 0.411 e. The molecule has 0 spiro atoms. The number of nitrogens with one attached hydrogen (secondary N) is 2. The van der Waals surface area contributed by atoms with Gasteiger partial charge in [0.15, 0.2) is 0 Å². The third-order valence-corrected chi connectivity index (χ3v) is 3.85. The molecule has 0 aromatic heterocycles. The second-order valence-corrected chi connectivity index (χ2v) is 5.71. The Morgan fingerprint density at radius 1 is 1.35 bits per heavy atom. The molecule has 1 aromatic carbocycles. The summed E-state index contributed by atoms with van der Waals surface area (Å²) < 4.78 is 45.9. The number of rotatable bonds is 5. The molecule has 3 atom stereocenters. The summed E-state index contributed by atoms with van der Waals surface area (Å²) in [6.07, 6.45) is -3.17. The first-order valence-electron chi connectivity index (χ1n) is 7.34. The van der Waals surface area contributed by atoms with Gasteiger partial charge in [0.25, 0.3) is 0 Å². The van der Waals surface area contributed by atoms with Crippen molar-refractivity contribution in [3.63, 3.8) is 0 Å². The molecule has 2 N–H and O–H groups in total. The number of amides is 1. The molecule has 2 aliphatic heterocycles. The van der Waals surface area contributed by atoms with Crippen LogP contribution in [0.3, 0.4) is 0 Å². The van der Waals surface area contributed by atoms with Gasteiger partial charge in [0.2, 0.25) is 5.91 Å². The Morgan fingerprint density at radius 3 is 2.65 bits per heavy atom. The van der Waals surface area contributed by atoms with Crippen molar-refractivity contribution in [2.45, 2.75) is 30.8 Å². The number of anilines is 1. The third kappa shape index (κ3) is 4.21. The van der Waals surface area contributed by atoms with E-state index in [-0.39, 0.29) is 12.2 Å². The molecular weight excluding hydrogens is 313 g/mol. The minimum atomic E-state index is -4.43. The molecule has 1 aromatic rings. The highest BCUT2D eigenvalue weighted by atomic mass is 19.4. The fourth-order valence-corrected chi connectivity index (χ4v) is 2.89. The summed E-state index contributed by atoms with van der Waals surface area (Å²) in [5.41, 5.74) is 1.52. The SMILES string of the molecule is O=C(COCC(F)(F)F)Nc1ccc([C@H]2O[C@@H]3CN[C@H]2C3)cc1. The molecule has 2 aliphatic rings. The van der Waals surface area contributed by atoms with Gasteiger partial charge in [0.1, 0.15) is 13.2 Å². The zero-order valence-electron chi connectivity index (χ0n) is 12.2. The minimum absolute atomic E-state index is 0.00798. The summed E-state index contributed by atoms with van der Waals surface area (Å²) in [6.45, 7) is -1.19. The zero-order chi connectivity index (χ0) is 16.4. The lowest BCUT2D eigenvalue weighted by molar-refractivity contribution is -0.174. The van der Waals surface area contributed by atoms with E-state index in [1.54, 1.807) is 12.1 Å². The second-order valence-electron chi connectivity index (χ2n) is 5.71. The number of carbonyl (C=O) groups excluding carboxylic acids is 1. The molecule has 0 unspecified atom stereocenters. The molecular formula is C15H17F3N2O3. The predicted octanol–water partition coefficient (Wildman–Crippen LogP) is 2.01. The Hall–Kier alpha value is -1.64. The Labute approximate surface area is 131 Å². The summed E-state index contributed by atoms with van der Waals surface area (Å²) in [6, 6.07) is 7.41. The zero-order valence-corrected chi connectivity index (χ0v) is 12.2. The highest BCUT2D eigenvalue weighted by Crippen LogP contribution is 2.36. The first-order chi connectivity index (χ1) is 10.9. The summed E-state index contributed by atoms with van der Waals surface area (Å²) in [4.78, 5) is 11.5. The van der Waals surface area contributed by atoms with Crippen molar-refractivity contribution in [3.8, 4) is 0 Å². The van der Waals surface area contributed by atoms with Gasteiger partial charge in [0.05, 0.1) is 12.2 Å². The van der Waals surface area contributed by atoms with E-state index in [2.05, 4.69) is 15.4 Å². The molecule has 23 heavy (non-hydrogen) atoms. The lowest BCUT2D eigenvalue weighted by Crippen LogP contribution is -2.33. The highest BCUT2D eigenvalue weighted by Gasteiger charge is 2.41. The van der Waals surface area contributed by atoms with Crippen molar-refractivity contribution >= 4 is 11.6 Å². The monoisotopic (exact) mass is 330 g/mol. The Kier molecular flexibility index (Phi) is 4.56. The number of hydrogen-bond acceptors (Lipinski definition) is 4. The number of fused-ring (bicyclic) bond motifs is 2. The predicted molar refractivity (Wildman–Crippen MR) is 76.0 cm³/mol. The lowest BCUT2D eigenvalue weighted by Gasteiger charge is -2.23. The molecule has 126 valence electrons. The highest BCUT2D eigenvalue weighted by molar-refractivity contribution is 5.91. The van der Waals surface area contributed by atoms with Gasteiger partial charge >= 0.3 is 6.18 Å². The average molecular weight is 330 g/mol. The Bertz CT molecular complexity index is 562. The number of hydrogen-bond donors (Lipinski definition) is 2. The first-order valence-corrected chi connectivity index (χ1v) is 7.34. The van der Waals surface area contributed by atoms with Crippen LogP contribution in [0.15, 0.2) is 24.3 Å². The van der Waals surface area contributed by atoms with Crippen molar-refractivity contribution in [1.82, 2.24) is 5.32 Å². The fraction of sp³-hybridized carbons (Fsp3) is 0.533. The van der Waals surface area contributed by atoms with Crippen LogP contribution < -0.4 is 10.6 Å². The van der Waals surface area contributed by atoms with Gasteiger partial charge in [-0.1, -0.05) is 12.1 Å². The maximum atomic E-state index is 11.9. The van der Waals surface area contributed by atoms with Gasteiger partial charge in [-0.3, -0.25) is 4.79 Å². The van der Waals surface area contributed by atoms with E-state index in [4.69, 9.17) is 4.74 Å². The molecule has 2 heterocycles. The van der Waals surface area contributed by atoms with Crippen molar-refractivity contribution in [3.05, 3.63) is 29.8 Å². The van der Waals surface area contributed by atoms with Crippen molar-refractivity contribution in [1.29, 1.82) is 0 Å². The van der Waals surface area contributed by atoms with Crippen LogP contribution in [0.25, 0.3) is 0 Å². The lowest BCUT2D eigenvalue weighted by atomic mass is 10.0. The van der Waals surface area contributed by atoms with Crippen molar-refractivity contribution < 1.29 is 27.4 Å². The summed E-state index contributed by atoms with van der Waals surface area (Å²) in [7, 11) is 0. The average Bonchev–Trinajstić information content (AvgIpc) is 3.09. The van der Waals surface area contributed by atoms with Crippen LogP contribution in [0.4, 0.5) is 18.9 Å². The summed E-state index contributed by atoms with van der Waals surface area (Å²) >= 11 is 0. The van der Waals surface area contributed by atoms with E-state index >= 15 is 0 Å². The molecule has 3 rings (SSSR count). The van der Waals surface area contributed by atoms with Gasteiger partial charge in [-0.05, 0) is 24.1 Å². The first kappa shape index (κ1) is 16.2. The van der Waals surface area contributed by atoms with Gasteiger partial charge in [0, 0.05) is 18.3 Å². The molecule has 2 bridgehead atoms. The Balaban J connectivity index is 1.49. The normalized spacial score (nSPS) is 26.5. The fourth-order valence-electron chi connectivity index (χ4n) is 2.89. The van der Waals surface area contributed by atoms with Crippen LogP contribution >= 0.6 is 0 Å². The van der Waals surface area contributed by atoms with E-state index in [0.717, 1.165) is 18.5 Å². The van der Waals surface area contributed by atoms with Crippen LogP contribution in [0.1, 0.15) is 18.1 Å². The van der Waals surface area contributed by atoms with Gasteiger partial charge < -0.3 is 20.1 Å². The van der Waals surface area contributed by atoms with Gasteiger partial charge in [-0.15, -0.1) is 0 Å². The molecule has 0 radical (unpaired) electrons. The molecule has 2 saturated heterocycles. The van der Waals surface area contributed by atoms with Crippen molar-refractivity contribution in [2.24, 2.45) is 0 Å². The standard InChI is InChI=1S/C15H17F3N2O3/c16-15(17,18)8-22-7-13(21)20-10-3-1-9(2-4-10)14-12-5-11(23-14)6-19-12/h1-4,11-12,14,19H,5-8H2,(H,20,21)/t11-,12-,14+/m0/s1. The molecule has 1 amide bonds. The molecule has 0 aliphatic carbocycles. The van der Waals surface area contributed by atoms with E-state index in [1.807, 2.05) is 12.1 Å². The van der Waals surface area contributed by atoms with Gasteiger partial charge in [-0.25, -0.2) is 0 Å². The van der Waals surface area contributed by atoms with Crippen LogP contribution in [-0.4, -0.2) is 44.0 Å². The molecule has 0 saturated carbocycles. The molecule has 8 heteroatoms. The van der Waals surface area contributed by atoms with E-state index in [0.29, 0.717) is 11.7 Å². The summed E-state index contributed by atoms with van der Waals surface area (Å²) in [5, 5.41) is 5.88. The van der Waals surface area contributed by atoms with E-state index in [9.17, 15) is 18.0 Å². The number of morpholine rings is 1. The number of halogens is 3. The molecule has 5 nitrogen and oxygen atoms in total. The van der Waals surface area contributed by atoms with Crippen LogP contribution in [-0.2, 0) is 14.3 Å². The number of benzene rings is 1. The van der Waals surface area contributed by atoms with E-state index < -0.39 is 25.3 Å². The maximum absolute atomic E-state index is 11.9. The summed E-state index contributed by atoms with van der Waals surface area (Å²) in [5.74, 6) is -0.625. The smallest absolute Gasteiger partial charge is 0.367 e. The van der Waals surface area contributed by atoms with Crippen molar-refractivity contribution in [2.75, 3.05) is 25.1 Å². The second kappa shape index (κ2) is 6.46. The number of alkyl halides is 3. The van der Waals surface area contributed by atoms with E-state index in [1.165, 1.54) is 0 Å². The quantitative estimate of drug-likeness (QED) is 0.867. The van der Waals surface area contributed by atoms with Crippen LogP contribution in [0.5, 0.6) is 0 Å². The van der Waals surface area contributed by atoms with Crippen LogP contribution in [0, 0.1) is 0 Å². The van der Waals surface area contributed by atoms with Crippen LogP contribution in [0.2, 0.25) is 0 Å². The largest absolute Gasteiger partial charge is 0.411 e. The molecule has 2 fully saturated rings. The topological polar surface area (TPSA) is 59.6 Å². The number of ether oxygens (including phenoxy) is 2. The Morgan fingerprint density at radius 2 is 2.09 bits per heavy atom. The minimum Gasteiger partial charge on any atom is -0.367 e. The third-order valence-electron chi connectivity index (χ3n) is 3.85. The number of carbonyl (C=O) groups is 1.